The summed E-state index contributed by atoms with van der Waals surface area (Å²) in [5, 5.41) is 13.6. The first-order valence-corrected chi connectivity index (χ1v) is 11.7. The van der Waals surface area contributed by atoms with Gasteiger partial charge in [-0.05, 0) is 68.3 Å². The van der Waals surface area contributed by atoms with Crippen molar-refractivity contribution in [3.63, 3.8) is 0 Å². The summed E-state index contributed by atoms with van der Waals surface area (Å²) in [5.41, 5.74) is 6.26. The number of nitrogens with one attached hydrogen (secondary N) is 1. The zero-order valence-corrected chi connectivity index (χ0v) is 20.9. The maximum absolute atomic E-state index is 13.0. The van der Waals surface area contributed by atoms with Crippen LogP contribution in [-0.4, -0.2) is 23.7 Å². The van der Waals surface area contributed by atoms with Crippen LogP contribution in [-0.2, 0) is 0 Å². The molecular formula is C25H16BrIN4O2. The molecule has 4 rings (SSSR count). The largest absolute Gasteiger partial charge is 0.476 e. The van der Waals surface area contributed by atoms with Gasteiger partial charge < -0.3 is 4.74 Å². The van der Waals surface area contributed by atoms with E-state index in [0.29, 0.717) is 15.8 Å². The molecule has 4 aromatic rings. The first kappa shape index (κ1) is 22.9. The Morgan fingerprint density at radius 2 is 1.91 bits per heavy atom. The number of nitrogens with zero attached hydrogens (tertiary/aromatic N) is 3. The highest BCUT2D eigenvalue weighted by Gasteiger charge is 2.14. The molecule has 1 heterocycles. The SMILES string of the molecule is N#CCOc1c(Br)cc(/C=N/NC(=O)c2cc(-c3ccccc3)nc3ccccc23)cc1I. The van der Waals surface area contributed by atoms with Crippen LogP contribution in [0.2, 0.25) is 0 Å². The van der Waals surface area contributed by atoms with Crippen molar-refractivity contribution >= 4 is 61.5 Å². The van der Waals surface area contributed by atoms with Crippen molar-refractivity contribution in [3.05, 3.63) is 92.0 Å². The van der Waals surface area contributed by atoms with Crippen LogP contribution in [0.1, 0.15) is 15.9 Å². The number of amides is 1. The van der Waals surface area contributed by atoms with Crippen molar-refractivity contribution in [2.75, 3.05) is 6.61 Å². The Morgan fingerprint density at radius 1 is 1.15 bits per heavy atom. The van der Waals surface area contributed by atoms with Crippen LogP contribution in [0.15, 0.2) is 82.4 Å². The van der Waals surface area contributed by atoms with E-state index in [9.17, 15) is 4.79 Å². The van der Waals surface area contributed by atoms with E-state index in [2.05, 4.69) is 49.0 Å². The third-order valence-corrected chi connectivity index (χ3v) is 6.10. The molecule has 1 amide bonds. The molecule has 0 atom stereocenters. The third kappa shape index (κ3) is 5.38. The van der Waals surface area contributed by atoms with E-state index < -0.39 is 0 Å². The summed E-state index contributed by atoms with van der Waals surface area (Å²) < 4.78 is 6.94. The van der Waals surface area contributed by atoms with E-state index in [1.807, 2.05) is 66.7 Å². The van der Waals surface area contributed by atoms with E-state index in [0.717, 1.165) is 31.3 Å². The quantitative estimate of drug-likeness (QED) is 0.166. The summed E-state index contributed by atoms with van der Waals surface area (Å²) in [6, 6.07) is 24.6. The Kier molecular flexibility index (Phi) is 7.32. The highest BCUT2D eigenvalue weighted by Crippen LogP contribution is 2.31. The third-order valence-electron chi connectivity index (χ3n) is 4.71. The Morgan fingerprint density at radius 3 is 2.67 bits per heavy atom. The van der Waals surface area contributed by atoms with Crippen LogP contribution < -0.4 is 10.2 Å². The average molecular weight is 611 g/mol. The molecule has 0 spiro atoms. The van der Waals surface area contributed by atoms with Crippen molar-refractivity contribution < 1.29 is 9.53 Å². The van der Waals surface area contributed by atoms with E-state index in [4.69, 9.17) is 15.0 Å². The number of para-hydroxylation sites is 1. The second kappa shape index (κ2) is 10.6. The molecule has 0 aliphatic rings. The fourth-order valence-electron chi connectivity index (χ4n) is 3.24. The normalized spacial score (nSPS) is 10.8. The van der Waals surface area contributed by atoms with Crippen molar-refractivity contribution in [1.29, 1.82) is 5.26 Å². The number of hydrogen-bond donors (Lipinski definition) is 1. The number of halogens is 2. The number of fused-ring (bicyclic) bond motifs is 1. The Hall–Kier alpha value is -3.29. The van der Waals surface area contributed by atoms with Crippen LogP contribution in [0.5, 0.6) is 5.75 Å². The molecule has 0 aliphatic heterocycles. The molecule has 0 bridgehead atoms. The van der Waals surface area contributed by atoms with Crippen LogP contribution in [0.3, 0.4) is 0 Å². The lowest BCUT2D eigenvalue weighted by atomic mass is 10.0. The van der Waals surface area contributed by atoms with Gasteiger partial charge in [-0.25, -0.2) is 10.4 Å². The predicted octanol–water partition coefficient (Wildman–Crippen LogP) is 5.94. The number of hydrogen-bond acceptors (Lipinski definition) is 5. The van der Waals surface area contributed by atoms with Crippen molar-refractivity contribution in [3.8, 4) is 23.1 Å². The van der Waals surface area contributed by atoms with Crippen LogP contribution in [0.4, 0.5) is 0 Å². The number of nitriles is 1. The number of ether oxygens (including phenoxy) is 1. The van der Waals surface area contributed by atoms with Gasteiger partial charge in [0.2, 0.25) is 0 Å². The maximum Gasteiger partial charge on any atom is 0.272 e. The number of hydrazone groups is 1. The minimum absolute atomic E-state index is 0.0387. The zero-order chi connectivity index (χ0) is 23.2. The van der Waals surface area contributed by atoms with Gasteiger partial charge >= 0.3 is 0 Å². The molecule has 8 heteroatoms. The maximum atomic E-state index is 13.0. The Balaban J connectivity index is 1.60. The highest BCUT2D eigenvalue weighted by atomic mass is 127. The molecule has 0 saturated carbocycles. The molecule has 0 aliphatic carbocycles. The predicted molar refractivity (Wildman–Crippen MR) is 140 cm³/mol. The minimum atomic E-state index is -0.329. The van der Waals surface area contributed by atoms with E-state index in [1.54, 1.807) is 18.3 Å². The van der Waals surface area contributed by atoms with Gasteiger partial charge in [0.15, 0.2) is 6.61 Å². The molecule has 6 nitrogen and oxygen atoms in total. The van der Waals surface area contributed by atoms with Gasteiger partial charge in [-0.15, -0.1) is 0 Å². The van der Waals surface area contributed by atoms with Gasteiger partial charge in [-0.1, -0.05) is 48.5 Å². The monoisotopic (exact) mass is 610 g/mol. The van der Waals surface area contributed by atoms with Crippen LogP contribution in [0.25, 0.3) is 22.2 Å². The second-order valence-corrected chi connectivity index (χ2v) is 8.91. The summed E-state index contributed by atoms with van der Waals surface area (Å²) in [4.78, 5) is 17.7. The minimum Gasteiger partial charge on any atom is -0.476 e. The fraction of sp³-hybridized carbons (Fsp3) is 0.0400. The molecule has 33 heavy (non-hydrogen) atoms. The van der Waals surface area contributed by atoms with E-state index in [1.165, 1.54) is 0 Å². The number of pyridine rings is 1. The summed E-state index contributed by atoms with van der Waals surface area (Å²) in [7, 11) is 0. The van der Waals surface area contributed by atoms with Crippen molar-refractivity contribution in [2.24, 2.45) is 5.10 Å². The van der Waals surface area contributed by atoms with Crippen LogP contribution >= 0.6 is 38.5 Å². The molecule has 0 unspecified atom stereocenters. The van der Waals surface area contributed by atoms with Crippen molar-refractivity contribution in [1.82, 2.24) is 10.4 Å². The van der Waals surface area contributed by atoms with Gasteiger partial charge in [0.1, 0.15) is 11.8 Å². The molecule has 0 fully saturated rings. The average Bonchev–Trinajstić information content (AvgIpc) is 2.83. The summed E-state index contributed by atoms with van der Waals surface area (Å²) in [6.07, 6.45) is 1.56. The number of rotatable bonds is 6. The summed E-state index contributed by atoms with van der Waals surface area (Å²) in [6.45, 7) is -0.0387. The first-order chi connectivity index (χ1) is 16.1. The Bertz CT molecular complexity index is 1380. The lowest BCUT2D eigenvalue weighted by Gasteiger charge is -2.09. The molecule has 162 valence electrons. The molecule has 1 aromatic heterocycles. The van der Waals surface area contributed by atoms with E-state index >= 15 is 0 Å². The highest BCUT2D eigenvalue weighted by molar-refractivity contribution is 14.1. The molecule has 0 radical (unpaired) electrons. The standard InChI is InChI=1S/C25H16BrIN4O2/c26-20-12-16(13-21(27)24(20)33-11-10-28)15-29-31-25(32)19-14-23(17-6-2-1-3-7-17)30-22-9-5-4-8-18(19)22/h1-9,12-15H,11H2,(H,31,32)/b29-15+. The van der Waals surface area contributed by atoms with Gasteiger partial charge in [0.05, 0.1) is 31.0 Å². The summed E-state index contributed by atoms with van der Waals surface area (Å²) >= 11 is 5.57. The van der Waals surface area contributed by atoms with Gasteiger partial charge in [-0.3, -0.25) is 4.79 Å². The molecule has 1 N–H and O–H groups in total. The lowest BCUT2D eigenvalue weighted by molar-refractivity contribution is 0.0956. The smallest absolute Gasteiger partial charge is 0.272 e. The molecular weight excluding hydrogens is 595 g/mol. The van der Waals surface area contributed by atoms with Gasteiger partial charge in [0.25, 0.3) is 5.91 Å². The van der Waals surface area contributed by atoms with Crippen molar-refractivity contribution in [2.45, 2.75) is 0 Å². The molecule has 0 saturated heterocycles. The second-order valence-electron chi connectivity index (χ2n) is 6.90. The number of aromatic nitrogens is 1. The summed E-state index contributed by atoms with van der Waals surface area (Å²) in [5.74, 6) is 0.264. The van der Waals surface area contributed by atoms with E-state index in [-0.39, 0.29) is 12.5 Å². The van der Waals surface area contributed by atoms with Crippen LogP contribution in [0, 0.1) is 14.9 Å². The molecule has 3 aromatic carbocycles. The number of carbonyl (C=O) groups is 1. The number of benzene rings is 3. The number of carbonyl (C=O) groups excluding carboxylic acids is 1. The van der Waals surface area contributed by atoms with Gasteiger partial charge in [0, 0.05) is 10.9 Å². The topological polar surface area (TPSA) is 87.4 Å². The first-order valence-electron chi connectivity index (χ1n) is 9.84. The zero-order valence-electron chi connectivity index (χ0n) is 17.1. The van der Waals surface area contributed by atoms with Gasteiger partial charge in [-0.2, -0.15) is 10.4 Å². The lowest BCUT2D eigenvalue weighted by Crippen LogP contribution is -2.18. The fourth-order valence-corrected chi connectivity index (χ4v) is 5.01. The Labute approximate surface area is 212 Å².